The third-order valence-electron chi connectivity index (χ3n) is 5.99. The minimum atomic E-state index is -3.56. The molecule has 1 aromatic heterocycles. The molecule has 2 aromatic carbocycles. The molecule has 0 aliphatic carbocycles. The molecule has 2 N–H and O–H groups in total. The van der Waals surface area contributed by atoms with Gasteiger partial charge < -0.3 is 10.6 Å². The van der Waals surface area contributed by atoms with Crippen LogP contribution >= 0.6 is 0 Å². The number of carbonyl (C=O) groups is 1. The highest BCUT2D eigenvalue weighted by molar-refractivity contribution is 7.89. The van der Waals surface area contributed by atoms with Crippen LogP contribution in [-0.2, 0) is 14.8 Å². The minimum Gasteiger partial charge on any atom is -0.339 e. The molecule has 0 radical (unpaired) electrons. The third kappa shape index (κ3) is 5.43. The van der Waals surface area contributed by atoms with Crippen LogP contribution in [0.1, 0.15) is 32.3 Å². The highest BCUT2D eigenvalue weighted by Gasteiger charge is 2.29. The minimum absolute atomic E-state index is 0.125. The molecule has 1 amide bonds. The molecule has 0 spiro atoms. The SMILES string of the molecule is CC(=O)Nc1ccc(Nc2ccc(-c3ccc(C)c(S(=O)(=O)N4CCC(C)CC4)c3)nn2)cc1. The van der Waals surface area contributed by atoms with Gasteiger partial charge in [0.2, 0.25) is 15.9 Å². The van der Waals surface area contributed by atoms with E-state index in [-0.39, 0.29) is 5.91 Å². The summed E-state index contributed by atoms with van der Waals surface area (Å²) in [5.74, 6) is 0.981. The molecule has 3 aromatic rings. The van der Waals surface area contributed by atoms with Gasteiger partial charge in [-0.3, -0.25) is 4.79 Å². The van der Waals surface area contributed by atoms with Crippen LogP contribution in [0.25, 0.3) is 11.3 Å². The zero-order valence-electron chi connectivity index (χ0n) is 19.6. The first-order valence-corrected chi connectivity index (χ1v) is 12.8. The molecule has 4 rings (SSSR count). The maximum Gasteiger partial charge on any atom is 0.243 e. The molecule has 0 bridgehead atoms. The summed E-state index contributed by atoms with van der Waals surface area (Å²) in [6.45, 7) is 6.55. The van der Waals surface area contributed by atoms with Gasteiger partial charge in [-0.2, -0.15) is 4.31 Å². The van der Waals surface area contributed by atoms with Gasteiger partial charge >= 0.3 is 0 Å². The Bertz CT molecular complexity index is 1270. The summed E-state index contributed by atoms with van der Waals surface area (Å²) in [7, 11) is -3.56. The maximum absolute atomic E-state index is 13.3. The van der Waals surface area contributed by atoms with Gasteiger partial charge in [0, 0.05) is 37.0 Å². The molecule has 0 atom stereocenters. The molecule has 1 aliphatic rings. The first-order chi connectivity index (χ1) is 16.2. The molecule has 9 heteroatoms. The Morgan fingerprint density at radius 1 is 0.971 bits per heavy atom. The van der Waals surface area contributed by atoms with E-state index in [1.807, 2.05) is 37.3 Å². The molecule has 2 heterocycles. The summed E-state index contributed by atoms with van der Waals surface area (Å²) in [5, 5.41) is 14.4. The van der Waals surface area contributed by atoms with Gasteiger partial charge in [-0.25, -0.2) is 8.42 Å². The fraction of sp³-hybridized carbons (Fsp3) is 0.320. The van der Waals surface area contributed by atoms with E-state index in [9.17, 15) is 13.2 Å². The molecule has 1 aliphatic heterocycles. The number of rotatable bonds is 6. The van der Waals surface area contributed by atoms with Gasteiger partial charge in [0.15, 0.2) is 5.82 Å². The number of aromatic nitrogens is 2. The van der Waals surface area contributed by atoms with Crippen molar-refractivity contribution >= 4 is 33.1 Å². The number of aryl methyl sites for hydroxylation is 1. The van der Waals surface area contributed by atoms with Crippen molar-refractivity contribution in [2.24, 2.45) is 5.92 Å². The van der Waals surface area contributed by atoms with E-state index >= 15 is 0 Å². The van der Waals surface area contributed by atoms with Gasteiger partial charge in [0.25, 0.3) is 0 Å². The summed E-state index contributed by atoms with van der Waals surface area (Å²) in [5.41, 5.74) is 3.53. The van der Waals surface area contributed by atoms with Crippen molar-refractivity contribution in [3.05, 3.63) is 60.2 Å². The van der Waals surface area contributed by atoms with Crippen molar-refractivity contribution in [2.45, 2.75) is 38.5 Å². The van der Waals surface area contributed by atoms with Gasteiger partial charge in [0.1, 0.15) is 0 Å². The lowest BCUT2D eigenvalue weighted by Gasteiger charge is -2.30. The van der Waals surface area contributed by atoms with Crippen LogP contribution in [0.2, 0.25) is 0 Å². The van der Waals surface area contributed by atoms with Crippen molar-refractivity contribution in [1.82, 2.24) is 14.5 Å². The van der Waals surface area contributed by atoms with Crippen LogP contribution in [0.3, 0.4) is 0 Å². The molecular weight excluding hydrogens is 450 g/mol. The van der Waals surface area contributed by atoms with Gasteiger partial charge in [-0.15, -0.1) is 10.2 Å². The van der Waals surface area contributed by atoms with Crippen molar-refractivity contribution in [1.29, 1.82) is 0 Å². The highest BCUT2D eigenvalue weighted by atomic mass is 32.2. The lowest BCUT2D eigenvalue weighted by molar-refractivity contribution is -0.114. The monoisotopic (exact) mass is 479 g/mol. The maximum atomic E-state index is 13.3. The van der Waals surface area contributed by atoms with E-state index in [1.165, 1.54) is 6.92 Å². The molecule has 0 unspecified atom stereocenters. The Balaban J connectivity index is 1.51. The van der Waals surface area contributed by atoms with Crippen LogP contribution in [0, 0.1) is 12.8 Å². The topological polar surface area (TPSA) is 104 Å². The molecule has 0 saturated carbocycles. The zero-order chi connectivity index (χ0) is 24.3. The van der Waals surface area contributed by atoms with E-state index in [2.05, 4.69) is 27.8 Å². The lowest BCUT2D eigenvalue weighted by atomic mass is 10.0. The summed E-state index contributed by atoms with van der Waals surface area (Å²) < 4.78 is 28.2. The number of anilines is 3. The Morgan fingerprint density at radius 3 is 2.26 bits per heavy atom. The van der Waals surface area contributed by atoms with Crippen LogP contribution in [0.15, 0.2) is 59.5 Å². The molecule has 178 valence electrons. The average molecular weight is 480 g/mol. The van der Waals surface area contributed by atoms with Crippen LogP contribution in [0.4, 0.5) is 17.2 Å². The molecule has 8 nitrogen and oxygen atoms in total. The number of hydrogen-bond donors (Lipinski definition) is 2. The zero-order valence-corrected chi connectivity index (χ0v) is 20.4. The van der Waals surface area contributed by atoms with Crippen molar-refractivity contribution in [3.63, 3.8) is 0 Å². The molecule has 34 heavy (non-hydrogen) atoms. The molecular formula is C25H29N5O3S. The summed E-state index contributed by atoms with van der Waals surface area (Å²) in [4.78, 5) is 11.5. The summed E-state index contributed by atoms with van der Waals surface area (Å²) >= 11 is 0. The normalized spacial score (nSPS) is 15.1. The Labute approximate surface area is 200 Å². The third-order valence-corrected chi connectivity index (χ3v) is 8.03. The highest BCUT2D eigenvalue weighted by Crippen LogP contribution is 2.29. The second-order valence-electron chi connectivity index (χ2n) is 8.75. The second-order valence-corrected chi connectivity index (χ2v) is 10.7. The van der Waals surface area contributed by atoms with E-state index < -0.39 is 10.0 Å². The van der Waals surface area contributed by atoms with E-state index in [1.54, 1.807) is 28.6 Å². The number of amides is 1. The first-order valence-electron chi connectivity index (χ1n) is 11.3. The number of carbonyl (C=O) groups excluding carboxylic acids is 1. The average Bonchev–Trinajstić information content (AvgIpc) is 2.81. The Hall–Kier alpha value is -3.30. The number of nitrogens with zero attached hydrogens (tertiary/aromatic N) is 3. The number of sulfonamides is 1. The quantitative estimate of drug-likeness (QED) is 0.537. The van der Waals surface area contributed by atoms with Crippen LogP contribution in [-0.4, -0.2) is 41.9 Å². The molecule has 1 saturated heterocycles. The Kier molecular flexibility index (Phi) is 6.95. The fourth-order valence-corrected chi connectivity index (χ4v) is 5.66. The predicted octanol–water partition coefficient (Wildman–Crippen LogP) is 4.57. The van der Waals surface area contributed by atoms with E-state index in [4.69, 9.17) is 0 Å². The fourth-order valence-electron chi connectivity index (χ4n) is 3.94. The van der Waals surface area contributed by atoms with Crippen LogP contribution in [0.5, 0.6) is 0 Å². The summed E-state index contributed by atoms with van der Waals surface area (Å²) in [6, 6.07) is 16.2. The van der Waals surface area contributed by atoms with Crippen molar-refractivity contribution in [3.8, 4) is 11.3 Å². The number of piperidine rings is 1. The van der Waals surface area contributed by atoms with E-state index in [0.29, 0.717) is 46.7 Å². The van der Waals surface area contributed by atoms with Gasteiger partial charge in [0.05, 0.1) is 10.6 Å². The van der Waals surface area contributed by atoms with Crippen molar-refractivity contribution in [2.75, 3.05) is 23.7 Å². The van der Waals surface area contributed by atoms with Gasteiger partial charge in [-0.05, 0) is 73.7 Å². The smallest absolute Gasteiger partial charge is 0.243 e. The number of benzene rings is 2. The molecule has 1 fully saturated rings. The standard InChI is InChI=1S/C25H29N5O3S/c1-17-12-14-30(15-13-17)34(32,33)24-16-20(5-4-18(24)2)23-10-11-25(29-28-23)27-22-8-6-21(7-9-22)26-19(3)31/h4-11,16-17H,12-15H2,1-3H3,(H,26,31)(H,27,29). The Morgan fingerprint density at radius 2 is 1.65 bits per heavy atom. The number of hydrogen-bond acceptors (Lipinski definition) is 6. The van der Waals surface area contributed by atoms with Crippen LogP contribution < -0.4 is 10.6 Å². The van der Waals surface area contributed by atoms with Crippen molar-refractivity contribution < 1.29 is 13.2 Å². The first kappa shape index (κ1) is 23.8. The largest absolute Gasteiger partial charge is 0.339 e. The van der Waals surface area contributed by atoms with E-state index in [0.717, 1.165) is 24.1 Å². The predicted molar refractivity (Wildman–Crippen MR) is 133 cm³/mol. The second kappa shape index (κ2) is 9.90. The lowest BCUT2D eigenvalue weighted by Crippen LogP contribution is -2.38. The summed E-state index contributed by atoms with van der Waals surface area (Å²) in [6.07, 6.45) is 1.77. The van der Waals surface area contributed by atoms with Gasteiger partial charge in [-0.1, -0.05) is 19.1 Å². The number of nitrogens with one attached hydrogen (secondary N) is 2.